The first kappa shape index (κ1) is 15.5. The van der Waals surface area contributed by atoms with Crippen molar-refractivity contribution in [1.29, 1.82) is 0 Å². The maximum absolute atomic E-state index is 11.6. The molecule has 0 N–H and O–H groups in total. The molecule has 0 radical (unpaired) electrons. The second-order valence-corrected chi connectivity index (χ2v) is 7.64. The van der Waals surface area contributed by atoms with E-state index in [2.05, 4.69) is 40.2 Å². The van der Waals surface area contributed by atoms with Crippen molar-refractivity contribution in [3.05, 3.63) is 34.3 Å². The Morgan fingerprint density at radius 1 is 1.19 bits per heavy atom. The summed E-state index contributed by atoms with van der Waals surface area (Å²) in [7, 11) is 0. The molecule has 21 heavy (non-hydrogen) atoms. The Bertz CT molecular complexity index is 498. The van der Waals surface area contributed by atoms with Crippen molar-refractivity contribution in [2.24, 2.45) is 11.8 Å². The van der Waals surface area contributed by atoms with Crippen LogP contribution in [0.2, 0.25) is 0 Å². The molecule has 3 unspecified atom stereocenters. The van der Waals surface area contributed by atoms with E-state index in [1.54, 1.807) is 0 Å². The summed E-state index contributed by atoms with van der Waals surface area (Å²) in [5.74, 6) is 1.05. The maximum Gasteiger partial charge on any atom is 0.224 e. The van der Waals surface area contributed by atoms with Crippen LogP contribution in [0, 0.1) is 11.8 Å². The predicted molar refractivity (Wildman–Crippen MR) is 87.5 cm³/mol. The number of carbonyl (C=O) groups is 1. The van der Waals surface area contributed by atoms with Crippen LogP contribution in [0.25, 0.3) is 0 Å². The molecule has 2 saturated carbocycles. The summed E-state index contributed by atoms with van der Waals surface area (Å²) in [6.45, 7) is 0.848. The first-order valence-electron chi connectivity index (χ1n) is 7.68. The van der Waals surface area contributed by atoms with Crippen LogP contribution >= 0.6 is 27.5 Å². The first-order chi connectivity index (χ1) is 10.1. The van der Waals surface area contributed by atoms with E-state index in [0.29, 0.717) is 5.92 Å². The Morgan fingerprint density at radius 3 is 2.52 bits per heavy atom. The lowest BCUT2D eigenvalue weighted by atomic mass is 9.77. The standard InChI is InChI=1S/C17H20BrClO2/c18-15-5-3-12(4-6-15)13-7-14(17(19)20)9-16(8-13)21-10-11-1-2-11/h3-6,11,13-14,16H,1-2,7-10H2. The monoisotopic (exact) mass is 370 g/mol. The van der Waals surface area contributed by atoms with Crippen LogP contribution < -0.4 is 0 Å². The van der Waals surface area contributed by atoms with Crippen LogP contribution in [-0.2, 0) is 9.53 Å². The Kier molecular flexibility index (Phi) is 5.03. The molecule has 0 saturated heterocycles. The highest BCUT2D eigenvalue weighted by molar-refractivity contribution is 9.10. The summed E-state index contributed by atoms with van der Waals surface area (Å²) < 4.78 is 7.12. The topological polar surface area (TPSA) is 26.3 Å². The first-order valence-corrected chi connectivity index (χ1v) is 8.85. The largest absolute Gasteiger partial charge is 0.378 e. The highest BCUT2D eigenvalue weighted by atomic mass is 79.9. The fourth-order valence-corrected chi connectivity index (χ4v) is 3.59. The molecule has 2 aliphatic rings. The van der Waals surface area contributed by atoms with Gasteiger partial charge >= 0.3 is 0 Å². The second kappa shape index (κ2) is 6.80. The maximum atomic E-state index is 11.6. The van der Waals surface area contributed by atoms with Crippen LogP contribution in [0.5, 0.6) is 0 Å². The SMILES string of the molecule is O=C(Cl)C1CC(OCC2CC2)CC(c2ccc(Br)cc2)C1. The van der Waals surface area contributed by atoms with Gasteiger partial charge in [0, 0.05) is 17.0 Å². The Balaban J connectivity index is 1.68. The third-order valence-corrected chi connectivity index (χ3v) is 5.43. The molecule has 2 nitrogen and oxygen atoms in total. The zero-order valence-corrected chi connectivity index (χ0v) is 14.3. The van der Waals surface area contributed by atoms with Crippen LogP contribution in [-0.4, -0.2) is 18.0 Å². The summed E-state index contributed by atoms with van der Waals surface area (Å²) >= 11 is 9.24. The third kappa shape index (κ3) is 4.30. The van der Waals surface area contributed by atoms with Crippen molar-refractivity contribution >= 4 is 32.8 Å². The predicted octanol–water partition coefficient (Wildman–Crippen LogP) is 4.89. The average molecular weight is 372 g/mol. The molecule has 0 aliphatic heterocycles. The highest BCUT2D eigenvalue weighted by Gasteiger charge is 2.34. The van der Waals surface area contributed by atoms with Crippen molar-refractivity contribution in [3.8, 4) is 0 Å². The van der Waals surface area contributed by atoms with Gasteiger partial charge in [0.25, 0.3) is 0 Å². The summed E-state index contributed by atoms with van der Waals surface area (Å²) in [5.41, 5.74) is 1.28. The van der Waals surface area contributed by atoms with E-state index in [-0.39, 0.29) is 17.3 Å². The number of ether oxygens (including phenoxy) is 1. The van der Waals surface area contributed by atoms with Gasteiger partial charge < -0.3 is 4.74 Å². The fourth-order valence-electron chi connectivity index (χ4n) is 3.15. The van der Waals surface area contributed by atoms with Gasteiger partial charge in [0.05, 0.1) is 6.10 Å². The molecular formula is C17H20BrClO2. The Labute approximate surface area is 139 Å². The second-order valence-electron chi connectivity index (χ2n) is 6.36. The van der Waals surface area contributed by atoms with Gasteiger partial charge in [-0.25, -0.2) is 0 Å². The minimum absolute atomic E-state index is 0.0710. The Hall–Kier alpha value is -0.380. The average Bonchev–Trinajstić information content (AvgIpc) is 3.30. The van der Waals surface area contributed by atoms with Gasteiger partial charge in [0.15, 0.2) is 0 Å². The van der Waals surface area contributed by atoms with Crippen LogP contribution in [0.4, 0.5) is 0 Å². The zero-order chi connectivity index (χ0) is 14.8. The number of halogens is 2. The van der Waals surface area contributed by atoms with E-state index < -0.39 is 0 Å². The van der Waals surface area contributed by atoms with Crippen LogP contribution in [0.15, 0.2) is 28.7 Å². The molecule has 1 aromatic carbocycles. The summed E-state index contributed by atoms with van der Waals surface area (Å²) in [6, 6.07) is 8.38. The molecule has 2 fully saturated rings. The fraction of sp³-hybridized carbons (Fsp3) is 0.588. The van der Waals surface area contributed by atoms with Crippen molar-refractivity contribution < 1.29 is 9.53 Å². The molecular weight excluding hydrogens is 352 g/mol. The van der Waals surface area contributed by atoms with E-state index in [4.69, 9.17) is 16.3 Å². The molecule has 3 atom stereocenters. The van der Waals surface area contributed by atoms with Gasteiger partial charge in [-0.1, -0.05) is 28.1 Å². The zero-order valence-electron chi connectivity index (χ0n) is 11.9. The van der Waals surface area contributed by atoms with Gasteiger partial charge in [0.2, 0.25) is 5.24 Å². The van der Waals surface area contributed by atoms with E-state index in [0.717, 1.165) is 36.3 Å². The minimum atomic E-state index is -0.211. The molecule has 114 valence electrons. The Morgan fingerprint density at radius 2 is 1.90 bits per heavy atom. The lowest BCUT2D eigenvalue weighted by Crippen LogP contribution is -2.30. The molecule has 1 aromatic rings. The van der Waals surface area contributed by atoms with Gasteiger partial charge in [-0.05, 0) is 73.2 Å². The number of rotatable bonds is 5. The molecule has 0 heterocycles. The third-order valence-electron chi connectivity index (χ3n) is 4.59. The van der Waals surface area contributed by atoms with Crippen molar-refractivity contribution in [2.45, 2.75) is 44.1 Å². The highest BCUT2D eigenvalue weighted by Crippen LogP contribution is 2.40. The summed E-state index contributed by atoms with van der Waals surface area (Å²) in [5, 5.41) is -0.211. The molecule has 0 spiro atoms. The lowest BCUT2D eigenvalue weighted by molar-refractivity contribution is -0.118. The number of hydrogen-bond acceptors (Lipinski definition) is 2. The van der Waals surface area contributed by atoms with Crippen LogP contribution in [0.3, 0.4) is 0 Å². The number of benzene rings is 1. The van der Waals surface area contributed by atoms with E-state index >= 15 is 0 Å². The van der Waals surface area contributed by atoms with Gasteiger partial charge in [0.1, 0.15) is 0 Å². The van der Waals surface area contributed by atoms with Crippen molar-refractivity contribution in [2.75, 3.05) is 6.61 Å². The normalized spacial score (nSPS) is 29.3. The summed E-state index contributed by atoms with van der Waals surface area (Å²) in [6.07, 6.45) is 5.37. The van der Waals surface area contributed by atoms with Gasteiger partial charge in [-0.15, -0.1) is 0 Å². The number of carbonyl (C=O) groups excluding carboxylic acids is 1. The molecule has 0 amide bonds. The molecule has 2 aliphatic carbocycles. The van der Waals surface area contributed by atoms with Crippen LogP contribution in [0.1, 0.15) is 43.6 Å². The molecule has 0 bridgehead atoms. The quantitative estimate of drug-likeness (QED) is 0.689. The van der Waals surface area contributed by atoms with Crippen molar-refractivity contribution in [3.63, 3.8) is 0 Å². The molecule has 0 aromatic heterocycles. The van der Waals surface area contributed by atoms with Gasteiger partial charge in [-0.2, -0.15) is 0 Å². The van der Waals surface area contributed by atoms with E-state index in [9.17, 15) is 4.79 Å². The molecule has 4 heteroatoms. The number of hydrogen-bond donors (Lipinski definition) is 0. The van der Waals surface area contributed by atoms with Gasteiger partial charge in [-0.3, -0.25) is 4.79 Å². The van der Waals surface area contributed by atoms with Crippen molar-refractivity contribution in [1.82, 2.24) is 0 Å². The molecule has 3 rings (SSSR count). The minimum Gasteiger partial charge on any atom is -0.378 e. The summed E-state index contributed by atoms with van der Waals surface area (Å²) in [4.78, 5) is 11.6. The van der Waals surface area contributed by atoms with E-state index in [1.165, 1.54) is 18.4 Å². The lowest BCUT2D eigenvalue weighted by Gasteiger charge is -2.33. The smallest absolute Gasteiger partial charge is 0.224 e. The van der Waals surface area contributed by atoms with E-state index in [1.807, 2.05) is 0 Å².